The summed E-state index contributed by atoms with van der Waals surface area (Å²) in [4.78, 5) is 15.2. The van der Waals surface area contributed by atoms with Crippen molar-refractivity contribution in [1.29, 1.82) is 0 Å². The Morgan fingerprint density at radius 1 is 0.879 bits per heavy atom. The number of ketones is 1. The molecule has 0 saturated carbocycles. The lowest BCUT2D eigenvalue weighted by molar-refractivity contribution is 0.104. The fourth-order valence-electron chi connectivity index (χ4n) is 3.87. The SMILES string of the molecule is COc1ccc(C(=O)/C=C/c2c(OC)cc(OC)c(C3=CCN(C)CC3)c2OC)cc1OC. The van der Waals surface area contributed by atoms with Crippen LogP contribution in [0.2, 0.25) is 0 Å². The molecule has 1 heterocycles. The van der Waals surface area contributed by atoms with Gasteiger partial charge in [0, 0.05) is 24.7 Å². The third-order valence-corrected chi connectivity index (χ3v) is 5.69. The van der Waals surface area contributed by atoms with E-state index < -0.39 is 0 Å². The molecule has 0 atom stereocenters. The summed E-state index contributed by atoms with van der Waals surface area (Å²) in [5.74, 6) is 2.70. The second-order valence-corrected chi connectivity index (χ2v) is 7.61. The minimum atomic E-state index is -0.184. The summed E-state index contributed by atoms with van der Waals surface area (Å²) in [5, 5.41) is 0. The van der Waals surface area contributed by atoms with E-state index in [4.69, 9.17) is 23.7 Å². The van der Waals surface area contributed by atoms with Crippen LogP contribution in [0.4, 0.5) is 0 Å². The lowest BCUT2D eigenvalue weighted by Gasteiger charge is -2.25. The molecule has 1 aliphatic rings. The summed E-state index contributed by atoms with van der Waals surface area (Å²) in [7, 11) is 10.00. The van der Waals surface area contributed by atoms with Gasteiger partial charge in [0.15, 0.2) is 17.3 Å². The number of nitrogens with zero attached hydrogens (tertiary/aromatic N) is 1. The topological polar surface area (TPSA) is 66.5 Å². The first-order valence-electron chi connectivity index (χ1n) is 10.6. The van der Waals surface area contributed by atoms with E-state index in [0.717, 1.165) is 30.6 Å². The van der Waals surface area contributed by atoms with E-state index >= 15 is 0 Å². The van der Waals surface area contributed by atoms with E-state index in [2.05, 4.69) is 18.0 Å². The third-order valence-electron chi connectivity index (χ3n) is 5.69. The van der Waals surface area contributed by atoms with Crippen LogP contribution in [0.25, 0.3) is 11.6 Å². The van der Waals surface area contributed by atoms with Gasteiger partial charge in [0.2, 0.25) is 0 Å². The van der Waals surface area contributed by atoms with Crippen LogP contribution >= 0.6 is 0 Å². The molecule has 0 aromatic heterocycles. The standard InChI is InChI=1S/C26H31NO6/c1-27-13-11-17(12-14-27)25-24(32-5)16-22(30-3)19(26(25)33-6)8-9-20(28)18-7-10-21(29-2)23(15-18)31-4/h7-11,15-16H,12-14H2,1-6H3/b9-8+. The zero-order valence-electron chi connectivity index (χ0n) is 20.1. The van der Waals surface area contributed by atoms with Crippen LogP contribution in [0.15, 0.2) is 36.4 Å². The third kappa shape index (κ3) is 5.14. The molecule has 7 nitrogen and oxygen atoms in total. The van der Waals surface area contributed by atoms with Gasteiger partial charge < -0.3 is 28.6 Å². The molecule has 0 unspecified atom stereocenters. The van der Waals surface area contributed by atoms with Gasteiger partial charge in [0.1, 0.15) is 17.2 Å². The summed E-state index contributed by atoms with van der Waals surface area (Å²) in [6.45, 7) is 1.78. The lowest BCUT2D eigenvalue weighted by Crippen LogP contribution is -2.24. The van der Waals surface area contributed by atoms with Crippen molar-refractivity contribution in [2.24, 2.45) is 0 Å². The molecule has 0 amide bonds. The molecule has 0 aliphatic carbocycles. The van der Waals surface area contributed by atoms with E-state index in [1.54, 1.807) is 52.7 Å². The van der Waals surface area contributed by atoms with Gasteiger partial charge in [0.05, 0.1) is 46.7 Å². The maximum absolute atomic E-state index is 12.9. The van der Waals surface area contributed by atoms with Crippen LogP contribution in [0.1, 0.15) is 27.9 Å². The van der Waals surface area contributed by atoms with Gasteiger partial charge in [-0.1, -0.05) is 6.08 Å². The van der Waals surface area contributed by atoms with Crippen molar-refractivity contribution in [3.63, 3.8) is 0 Å². The number of hydrogen-bond acceptors (Lipinski definition) is 7. The van der Waals surface area contributed by atoms with Crippen LogP contribution < -0.4 is 23.7 Å². The second-order valence-electron chi connectivity index (χ2n) is 7.61. The summed E-state index contributed by atoms with van der Waals surface area (Å²) in [5.41, 5.74) is 3.18. The molecule has 0 bridgehead atoms. The Labute approximate surface area is 195 Å². The number of benzene rings is 2. The number of rotatable bonds is 9. The molecule has 33 heavy (non-hydrogen) atoms. The number of ether oxygens (including phenoxy) is 5. The van der Waals surface area contributed by atoms with Crippen molar-refractivity contribution in [2.45, 2.75) is 6.42 Å². The number of allylic oxidation sites excluding steroid dienone is 1. The number of likely N-dealkylation sites (N-methyl/N-ethyl adjacent to an activating group) is 1. The Kier molecular flexibility index (Phi) is 8.01. The zero-order valence-corrected chi connectivity index (χ0v) is 20.1. The normalized spacial score (nSPS) is 14.1. The maximum atomic E-state index is 12.9. The first-order valence-corrected chi connectivity index (χ1v) is 10.6. The molecule has 0 spiro atoms. The highest BCUT2D eigenvalue weighted by Gasteiger charge is 2.23. The average molecular weight is 454 g/mol. The molecule has 2 aromatic carbocycles. The van der Waals surface area contributed by atoms with Crippen LogP contribution in [-0.4, -0.2) is 66.4 Å². The fraction of sp³-hybridized carbons (Fsp3) is 0.346. The smallest absolute Gasteiger partial charge is 0.185 e. The monoisotopic (exact) mass is 453 g/mol. The maximum Gasteiger partial charge on any atom is 0.185 e. The molecule has 3 rings (SSSR count). The lowest BCUT2D eigenvalue weighted by atomic mass is 9.94. The predicted octanol–water partition coefficient (Wildman–Crippen LogP) is 4.34. The molecule has 0 fully saturated rings. The molecule has 0 radical (unpaired) electrons. The van der Waals surface area contributed by atoms with E-state index in [1.807, 2.05) is 6.07 Å². The molecule has 7 heteroatoms. The van der Waals surface area contributed by atoms with E-state index in [0.29, 0.717) is 39.9 Å². The average Bonchev–Trinajstić information content (AvgIpc) is 2.86. The largest absolute Gasteiger partial charge is 0.496 e. The molecule has 2 aromatic rings. The Balaban J connectivity index is 2.05. The first kappa shape index (κ1) is 24.2. The highest BCUT2D eigenvalue weighted by Crippen LogP contribution is 2.45. The van der Waals surface area contributed by atoms with Crippen LogP contribution in [-0.2, 0) is 0 Å². The zero-order chi connectivity index (χ0) is 24.0. The van der Waals surface area contributed by atoms with Gasteiger partial charge in [-0.15, -0.1) is 0 Å². The minimum Gasteiger partial charge on any atom is -0.496 e. The van der Waals surface area contributed by atoms with Crippen molar-refractivity contribution in [3.05, 3.63) is 53.1 Å². The van der Waals surface area contributed by atoms with E-state index in [-0.39, 0.29) is 5.78 Å². The summed E-state index contributed by atoms with van der Waals surface area (Å²) < 4.78 is 27.7. The highest BCUT2D eigenvalue weighted by molar-refractivity contribution is 6.07. The fourth-order valence-corrected chi connectivity index (χ4v) is 3.87. The van der Waals surface area contributed by atoms with Gasteiger partial charge in [-0.3, -0.25) is 4.79 Å². The van der Waals surface area contributed by atoms with E-state index in [1.165, 1.54) is 13.2 Å². The van der Waals surface area contributed by atoms with Crippen LogP contribution in [0.3, 0.4) is 0 Å². The molecule has 0 saturated heterocycles. The van der Waals surface area contributed by atoms with Crippen molar-refractivity contribution < 1.29 is 28.5 Å². The molecule has 176 valence electrons. The second kappa shape index (κ2) is 10.9. The quantitative estimate of drug-likeness (QED) is 0.413. The van der Waals surface area contributed by atoms with Crippen molar-refractivity contribution in [2.75, 3.05) is 55.7 Å². The van der Waals surface area contributed by atoms with Gasteiger partial charge in [-0.05, 0) is 49.4 Å². The number of carbonyl (C=O) groups is 1. The van der Waals surface area contributed by atoms with Gasteiger partial charge >= 0.3 is 0 Å². The predicted molar refractivity (Wildman–Crippen MR) is 129 cm³/mol. The number of carbonyl (C=O) groups excluding carboxylic acids is 1. The molecular weight excluding hydrogens is 422 g/mol. The van der Waals surface area contributed by atoms with Crippen LogP contribution in [0, 0.1) is 0 Å². The van der Waals surface area contributed by atoms with Gasteiger partial charge in [-0.25, -0.2) is 0 Å². The van der Waals surface area contributed by atoms with Gasteiger partial charge in [-0.2, -0.15) is 0 Å². The Bertz CT molecular complexity index is 1070. The Morgan fingerprint density at radius 3 is 2.15 bits per heavy atom. The Hall–Kier alpha value is -3.45. The van der Waals surface area contributed by atoms with Crippen molar-refractivity contribution >= 4 is 17.4 Å². The van der Waals surface area contributed by atoms with Gasteiger partial charge in [0.25, 0.3) is 0 Å². The number of hydrogen-bond donors (Lipinski definition) is 0. The molecule has 0 N–H and O–H groups in total. The first-order chi connectivity index (χ1) is 16.0. The summed E-state index contributed by atoms with van der Waals surface area (Å²) in [6.07, 6.45) is 6.26. The molecule has 1 aliphatic heterocycles. The Morgan fingerprint density at radius 2 is 1.58 bits per heavy atom. The summed E-state index contributed by atoms with van der Waals surface area (Å²) >= 11 is 0. The van der Waals surface area contributed by atoms with Crippen molar-refractivity contribution in [1.82, 2.24) is 4.90 Å². The molecular formula is C26H31NO6. The number of methoxy groups -OCH3 is 5. The van der Waals surface area contributed by atoms with E-state index in [9.17, 15) is 4.79 Å². The minimum absolute atomic E-state index is 0.184. The summed E-state index contributed by atoms with van der Waals surface area (Å²) in [6, 6.07) is 6.89. The van der Waals surface area contributed by atoms with Crippen LogP contribution in [0.5, 0.6) is 28.7 Å². The van der Waals surface area contributed by atoms with Crippen molar-refractivity contribution in [3.8, 4) is 28.7 Å². The highest BCUT2D eigenvalue weighted by atomic mass is 16.5.